The summed E-state index contributed by atoms with van der Waals surface area (Å²) < 4.78 is 1.93. The molecule has 1 amide bonds. The van der Waals surface area contributed by atoms with Gasteiger partial charge < -0.3 is 5.32 Å². The second-order valence-electron chi connectivity index (χ2n) is 6.15. The number of nitrogens with zero attached hydrogens (tertiary/aromatic N) is 2. The van der Waals surface area contributed by atoms with Crippen LogP contribution in [0.1, 0.15) is 47.6 Å². The van der Waals surface area contributed by atoms with E-state index in [9.17, 15) is 4.79 Å². The van der Waals surface area contributed by atoms with Crippen molar-refractivity contribution < 1.29 is 4.79 Å². The van der Waals surface area contributed by atoms with Gasteiger partial charge in [0.1, 0.15) is 4.83 Å². The molecule has 1 N–H and O–H groups in total. The van der Waals surface area contributed by atoms with Crippen LogP contribution in [0.2, 0.25) is 5.02 Å². The number of rotatable bonds is 6. The molecule has 0 bridgehead atoms. The number of nitrogens with one attached hydrogen (secondary N) is 1. The number of fused-ring (bicyclic) bond motifs is 1. The summed E-state index contributed by atoms with van der Waals surface area (Å²) in [6.07, 6.45) is 1.87. The predicted octanol–water partition coefficient (Wildman–Crippen LogP) is 5.03. The number of hydrogen-bond acceptors (Lipinski definition) is 3. The number of hydrogen-bond donors (Lipinski definition) is 1. The normalized spacial score (nSPS) is 11.4. The van der Waals surface area contributed by atoms with Crippen molar-refractivity contribution in [1.82, 2.24) is 15.1 Å². The van der Waals surface area contributed by atoms with E-state index in [0.29, 0.717) is 6.54 Å². The Morgan fingerprint density at radius 2 is 2.04 bits per heavy atom. The van der Waals surface area contributed by atoms with E-state index >= 15 is 0 Å². The Morgan fingerprint density at radius 3 is 2.72 bits per heavy atom. The van der Waals surface area contributed by atoms with Crippen LogP contribution in [0.5, 0.6) is 0 Å². The topological polar surface area (TPSA) is 46.9 Å². The molecule has 0 unspecified atom stereocenters. The Hall–Kier alpha value is -1.85. The van der Waals surface area contributed by atoms with E-state index in [2.05, 4.69) is 24.3 Å². The molecule has 0 aliphatic rings. The molecule has 4 nitrogen and oxygen atoms in total. The molecule has 0 atom stereocenters. The van der Waals surface area contributed by atoms with Gasteiger partial charge in [-0.25, -0.2) is 0 Å². The summed E-state index contributed by atoms with van der Waals surface area (Å²) in [5.74, 6) is -0.00130. The molecular weight excluding hydrogens is 354 g/mol. The number of carbonyl (C=O) groups is 1. The monoisotopic (exact) mass is 375 g/mol. The van der Waals surface area contributed by atoms with E-state index in [1.54, 1.807) is 0 Å². The summed E-state index contributed by atoms with van der Waals surface area (Å²) in [4.78, 5) is 14.3. The summed E-state index contributed by atoms with van der Waals surface area (Å²) in [6.45, 7) is 6.74. The number of aryl methyl sites for hydroxylation is 1. The maximum absolute atomic E-state index is 12.5. The fourth-order valence-electron chi connectivity index (χ4n) is 2.87. The summed E-state index contributed by atoms with van der Waals surface area (Å²) in [7, 11) is 0. The lowest BCUT2D eigenvalue weighted by atomic mass is 10.1. The highest BCUT2D eigenvalue weighted by molar-refractivity contribution is 7.20. The molecule has 132 valence electrons. The first kappa shape index (κ1) is 18.0. The molecule has 2 aromatic heterocycles. The molecule has 0 radical (unpaired) electrons. The Morgan fingerprint density at radius 1 is 1.32 bits per heavy atom. The fraction of sp³-hybridized carbons (Fsp3) is 0.368. The van der Waals surface area contributed by atoms with Crippen molar-refractivity contribution >= 4 is 39.1 Å². The van der Waals surface area contributed by atoms with E-state index in [1.807, 2.05) is 41.9 Å². The van der Waals surface area contributed by atoms with Gasteiger partial charge in [-0.15, -0.1) is 11.3 Å². The number of aromatic nitrogens is 2. The Bertz CT molecular complexity index is 895. The number of amides is 1. The predicted molar refractivity (Wildman–Crippen MR) is 105 cm³/mol. The third-order valence-corrected chi connectivity index (χ3v) is 5.95. The van der Waals surface area contributed by atoms with Crippen LogP contribution in [0.4, 0.5) is 0 Å². The Kier molecular flexibility index (Phi) is 5.45. The van der Waals surface area contributed by atoms with Crippen LogP contribution in [-0.4, -0.2) is 21.7 Å². The quantitative estimate of drug-likeness (QED) is 0.657. The van der Waals surface area contributed by atoms with Crippen molar-refractivity contribution in [2.45, 2.75) is 46.2 Å². The molecule has 25 heavy (non-hydrogen) atoms. The maximum atomic E-state index is 12.5. The van der Waals surface area contributed by atoms with Crippen LogP contribution in [0.15, 0.2) is 30.3 Å². The molecule has 3 rings (SSSR count). The van der Waals surface area contributed by atoms with E-state index in [1.165, 1.54) is 11.3 Å². The third kappa shape index (κ3) is 3.72. The van der Waals surface area contributed by atoms with Crippen molar-refractivity contribution in [3.8, 4) is 0 Å². The number of carbonyl (C=O) groups excluding carboxylic acids is 1. The zero-order valence-electron chi connectivity index (χ0n) is 14.7. The van der Waals surface area contributed by atoms with Crippen LogP contribution in [-0.2, 0) is 6.54 Å². The smallest absolute Gasteiger partial charge is 0.261 e. The van der Waals surface area contributed by atoms with Crippen molar-refractivity contribution in [2.24, 2.45) is 0 Å². The average Bonchev–Trinajstić information content (AvgIpc) is 3.16. The molecule has 0 saturated heterocycles. The van der Waals surface area contributed by atoms with Crippen LogP contribution in [0, 0.1) is 6.92 Å². The number of benzene rings is 1. The van der Waals surface area contributed by atoms with Gasteiger partial charge in [0.2, 0.25) is 0 Å². The van der Waals surface area contributed by atoms with Gasteiger partial charge in [-0.2, -0.15) is 5.10 Å². The highest BCUT2D eigenvalue weighted by atomic mass is 35.5. The zero-order chi connectivity index (χ0) is 18.0. The largest absolute Gasteiger partial charge is 0.349 e. The lowest BCUT2D eigenvalue weighted by molar-refractivity contribution is 0.0939. The Labute approximate surface area is 156 Å². The molecule has 0 saturated carbocycles. The van der Waals surface area contributed by atoms with Crippen LogP contribution < -0.4 is 5.32 Å². The first-order valence-corrected chi connectivity index (χ1v) is 9.74. The average molecular weight is 376 g/mol. The third-order valence-electron chi connectivity index (χ3n) is 4.43. The van der Waals surface area contributed by atoms with E-state index in [-0.39, 0.29) is 11.9 Å². The highest BCUT2D eigenvalue weighted by Crippen LogP contribution is 2.29. The Balaban J connectivity index is 1.90. The van der Waals surface area contributed by atoms with Gasteiger partial charge in [-0.05, 0) is 37.5 Å². The van der Waals surface area contributed by atoms with Crippen LogP contribution in [0.3, 0.4) is 0 Å². The van der Waals surface area contributed by atoms with E-state index in [4.69, 9.17) is 11.6 Å². The van der Waals surface area contributed by atoms with Gasteiger partial charge in [0.15, 0.2) is 0 Å². The molecule has 0 spiro atoms. The molecule has 0 aliphatic heterocycles. The minimum atomic E-state index is -0.00130. The second kappa shape index (κ2) is 7.58. The first-order chi connectivity index (χ1) is 12.0. The van der Waals surface area contributed by atoms with E-state index in [0.717, 1.165) is 44.2 Å². The summed E-state index contributed by atoms with van der Waals surface area (Å²) >= 11 is 7.76. The zero-order valence-corrected chi connectivity index (χ0v) is 16.2. The van der Waals surface area contributed by atoms with Gasteiger partial charge in [0.25, 0.3) is 5.91 Å². The van der Waals surface area contributed by atoms with Crippen LogP contribution >= 0.6 is 22.9 Å². The molecule has 1 aromatic carbocycles. The lowest BCUT2D eigenvalue weighted by Gasteiger charge is -2.13. The fourth-order valence-corrected chi connectivity index (χ4v) is 4.13. The minimum Gasteiger partial charge on any atom is -0.349 e. The highest BCUT2D eigenvalue weighted by Gasteiger charge is 2.18. The van der Waals surface area contributed by atoms with Gasteiger partial charge in [-0.3, -0.25) is 9.48 Å². The summed E-state index contributed by atoms with van der Waals surface area (Å²) in [5.41, 5.74) is 1.95. The van der Waals surface area contributed by atoms with E-state index < -0.39 is 0 Å². The summed E-state index contributed by atoms with van der Waals surface area (Å²) in [6, 6.07) is 9.94. The second-order valence-corrected chi connectivity index (χ2v) is 7.59. The molecule has 0 fully saturated rings. The van der Waals surface area contributed by atoms with Gasteiger partial charge in [0, 0.05) is 16.5 Å². The number of halogens is 1. The number of thiophene rings is 1. The van der Waals surface area contributed by atoms with Gasteiger partial charge in [0.05, 0.1) is 17.1 Å². The molecule has 3 aromatic rings. The summed E-state index contributed by atoms with van der Waals surface area (Å²) in [5, 5.41) is 9.48. The minimum absolute atomic E-state index is 0.00130. The maximum Gasteiger partial charge on any atom is 0.261 e. The van der Waals surface area contributed by atoms with Crippen molar-refractivity contribution in [2.75, 3.05) is 0 Å². The van der Waals surface area contributed by atoms with Crippen molar-refractivity contribution in [1.29, 1.82) is 0 Å². The van der Waals surface area contributed by atoms with Gasteiger partial charge in [-0.1, -0.05) is 43.6 Å². The molecule has 6 heteroatoms. The van der Waals surface area contributed by atoms with Crippen molar-refractivity contribution in [3.05, 3.63) is 51.5 Å². The standard InChI is InChI=1S/C19H22ClN3OS/c1-4-14(5-2)21-18(24)17-10-15-12(3)22-23(19(15)25-17)11-13-8-6-7-9-16(13)20/h6-10,14H,4-5,11H2,1-3H3,(H,21,24). The lowest BCUT2D eigenvalue weighted by Crippen LogP contribution is -2.33. The van der Waals surface area contributed by atoms with Crippen molar-refractivity contribution in [3.63, 3.8) is 0 Å². The van der Waals surface area contributed by atoms with Crippen LogP contribution in [0.25, 0.3) is 10.2 Å². The molecule has 0 aliphatic carbocycles. The molecule has 2 heterocycles. The SMILES string of the molecule is CCC(CC)NC(=O)c1cc2c(C)nn(Cc3ccccc3Cl)c2s1. The van der Waals surface area contributed by atoms with Gasteiger partial charge >= 0.3 is 0 Å². The first-order valence-electron chi connectivity index (χ1n) is 8.54. The molecular formula is C19H22ClN3OS.